The lowest BCUT2D eigenvalue weighted by molar-refractivity contribution is 0.141. The fourth-order valence-electron chi connectivity index (χ4n) is 3.47. The van der Waals surface area contributed by atoms with Crippen LogP contribution < -0.4 is 5.32 Å². The molecule has 2 atom stereocenters. The van der Waals surface area contributed by atoms with Crippen molar-refractivity contribution in [2.45, 2.75) is 31.8 Å². The third kappa shape index (κ3) is 4.82. The molecule has 4 nitrogen and oxygen atoms in total. The molecular weight excluding hydrogens is 331 g/mol. The smallest absolute Gasteiger partial charge is 0.407 e. The second-order valence-corrected chi connectivity index (χ2v) is 6.73. The Balaban J connectivity index is 1.73. The molecule has 5 heteroatoms. The first-order chi connectivity index (χ1) is 12.7. The number of likely N-dealkylation sites (tertiary alicyclic amines) is 1. The maximum atomic E-state index is 13.7. The van der Waals surface area contributed by atoms with E-state index in [9.17, 15) is 9.18 Å². The Morgan fingerprint density at radius 2 is 2.00 bits per heavy atom. The molecule has 0 aromatic heterocycles. The molecule has 2 unspecified atom stereocenters. The maximum absolute atomic E-state index is 13.7. The predicted octanol–water partition coefficient (Wildman–Crippen LogP) is 3.93. The molecule has 1 fully saturated rings. The lowest BCUT2D eigenvalue weighted by Crippen LogP contribution is -2.40. The van der Waals surface area contributed by atoms with Crippen LogP contribution in [-0.4, -0.2) is 36.7 Å². The fraction of sp³-hybridized carbons (Fsp3) is 0.381. The molecule has 0 aliphatic carbocycles. The van der Waals surface area contributed by atoms with Crippen molar-refractivity contribution in [1.82, 2.24) is 10.2 Å². The second kappa shape index (κ2) is 8.81. The van der Waals surface area contributed by atoms with Gasteiger partial charge in [-0.3, -0.25) is 4.90 Å². The summed E-state index contributed by atoms with van der Waals surface area (Å²) in [6, 6.07) is 16.8. The molecule has 2 aromatic rings. The Hall–Kier alpha value is -2.40. The van der Waals surface area contributed by atoms with Crippen molar-refractivity contribution in [2.75, 3.05) is 19.7 Å². The van der Waals surface area contributed by atoms with Crippen molar-refractivity contribution >= 4 is 6.09 Å². The normalized spacial score (nSPS) is 20.1. The van der Waals surface area contributed by atoms with E-state index in [4.69, 9.17) is 4.74 Å². The summed E-state index contributed by atoms with van der Waals surface area (Å²) in [4.78, 5) is 14.3. The van der Waals surface area contributed by atoms with Crippen LogP contribution in [-0.2, 0) is 11.3 Å². The van der Waals surface area contributed by atoms with Gasteiger partial charge in [0.1, 0.15) is 5.82 Å². The molecule has 1 aliphatic heterocycles. The fourth-order valence-corrected chi connectivity index (χ4v) is 3.47. The molecule has 0 spiro atoms. The molecule has 26 heavy (non-hydrogen) atoms. The van der Waals surface area contributed by atoms with Crippen molar-refractivity contribution in [2.24, 2.45) is 0 Å². The van der Waals surface area contributed by atoms with Gasteiger partial charge in [0.05, 0.1) is 12.6 Å². The zero-order chi connectivity index (χ0) is 18.4. The average Bonchev–Trinajstić information content (AvgIpc) is 3.03. The summed E-state index contributed by atoms with van der Waals surface area (Å²) in [6.45, 7) is 4.63. The number of hydrogen-bond donors (Lipinski definition) is 1. The zero-order valence-electron chi connectivity index (χ0n) is 15.0. The summed E-state index contributed by atoms with van der Waals surface area (Å²) in [5.41, 5.74) is 2.13. The van der Waals surface area contributed by atoms with Gasteiger partial charge in [0.25, 0.3) is 0 Å². The van der Waals surface area contributed by atoms with E-state index in [0.29, 0.717) is 13.2 Å². The number of ether oxygens (including phenoxy) is 1. The number of nitrogens with one attached hydrogen (secondary N) is 1. The van der Waals surface area contributed by atoms with Crippen molar-refractivity contribution in [3.8, 4) is 0 Å². The van der Waals surface area contributed by atoms with Gasteiger partial charge in [-0.15, -0.1) is 0 Å². The SMILES string of the molecule is CCCOC(=O)NC1CN(Cc2ccccc2)CC1c1cccc(F)c1. The van der Waals surface area contributed by atoms with E-state index >= 15 is 0 Å². The third-order valence-electron chi connectivity index (χ3n) is 4.66. The summed E-state index contributed by atoms with van der Waals surface area (Å²) in [5, 5.41) is 2.97. The number of hydrogen-bond acceptors (Lipinski definition) is 3. The van der Waals surface area contributed by atoms with Crippen LogP contribution in [0.3, 0.4) is 0 Å². The summed E-state index contributed by atoms with van der Waals surface area (Å²) < 4.78 is 18.9. The molecule has 2 aromatic carbocycles. The highest BCUT2D eigenvalue weighted by atomic mass is 19.1. The molecule has 1 N–H and O–H groups in total. The van der Waals surface area contributed by atoms with Gasteiger partial charge in [-0.2, -0.15) is 0 Å². The number of rotatable bonds is 6. The number of alkyl carbamates (subject to hydrolysis) is 1. The Morgan fingerprint density at radius 1 is 1.19 bits per heavy atom. The van der Waals surface area contributed by atoms with Gasteiger partial charge in [0, 0.05) is 25.6 Å². The van der Waals surface area contributed by atoms with Crippen LogP contribution in [0.25, 0.3) is 0 Å². The van der Waals surface area contributed by atoms with Crippen LogP contribution >= 0.6 is 0 Å². The molecule has 1 amide bonds. The second-order valence-electron chi connectivity index (χ2n) is 6.73. The van der Waals surface area contributed by atoms with Crippen LogP contribution in [0.2, 0.25) is 0 Å². The first kappa shape index (κ1) is 18.4. The van der Waals surface area contributed by atoms with Crippen LogP contribution in [0.1, 0.15) is 30.4 Å². The summed E-state index contributed by atoms with van der Waals surface area (Å²) in [7, 11) is 0. The molecule has 1 heterocycles. The summed E-state index contributed by atoms with van der Waals surface area (Å²) >= 11 is 0. The quantitative estimate of drug-likeness (QED) is 0.853. The minimum atomic E-state index is -0.403. The first-order valence-electron chi connectivity index (χ1n) is 9.10. The lowest BCUT2D eigenvalue weighted by Gasteiger charge is -2.20. The standard InChI is InChI=1S/C21H25FN2O2/c1-2-11-26-21(25)23-20-15-24(13-16-7-4-3-5-8-16)14-19(20)17-9-6-10-18(22)12-17/h3-10,12,19-20H,2,11,13-15H2,1H3,(H,23,25). The number of carbonyl (C=O) groups excluding carboxylic acids is 1. The Morgan fingerprint density at radius 3 is 2.73 bits per heavy atom. The van der Waals surface area contributed by atoms with E-state index in [1.807, 2.05) is 31.2 Å². The monoisotopic (exact) mass is 356 g/mol. The summed E-state index contributed by atoms with van der Waals surface area (Å²) in [5.74, 6) is -0.222. The molecule has 0 saturated carbocycles. The largest absolute Gasteiger partial charge is 0.450 e. The summed E-state index contributed by atoms with van der Waals surface area (Å²) in [6.07, 6.45) is 0.380. The van der Waals surface area contributed by atoms with Gasteiger partial charge < -0.3 is 10.1 Å². The van der Waals surface area contributed by atoms with Gasteiger partial charge >= 0.3 is 6.09 Å². The van der Waals surface area contributed by atoms with E-state index in [1.54, 1.807) is 12.1 Å². The van der Waals surface area contributed by atoms with Crippen LogP contribution in [0.4, 0.5) is 9.18 Å². The Kier molecular flexibility index (Phi) is 6.23. The topological polar surface area (TPSA) is 41.6 Å². The van der Waals surface area contributed by atoms with Crippen molar-refractivity contribution in [3.05, 3.63) is 71.5 Å². The molecule has 0 radical (unpaired) electrons. The Labute approximate surface area is 154 Å². The van der Waals surface area contributed by atoms with Crippen molar-refractivity contribution in [1.29, 1.82) is 0 Å². The molecule has 0 bridgehead atoms. The zero-order valence-corrected chi connectivity index (χ0v) is 15.0. The molecule has 1 aliphatic rings. The first-order valence-corrected chi connectivity index (χ1v) is 9.10. The minimum absolute atomic E-state index is 0.0311. The van der Waals surface area contributed by atoms with E-state index in [0.717, 1.165) is 25.1 Å². The number of amides is 1. The van der Waals surface area contributed by atoms with E-state index in [2.05, 4.69) is 22.3 Å². The number of halogens is 1. The van der Waals surface area contributed by atoms with E-state index < -0.39 is 6.09 Å². The average molecular weight is 356 g/mol. The van der Waals surface area contributed by atoms with Crippen LogP contribution in [0.5, 0.6) is 0 Å². The highest BCUT2D eigenvalue weighted by Crippen LogP contribution is 2.29. The van der Waals surface area contributed by atoms with Crippen molar-refractivity contribution in [3.63, 3.8) is 0 Å². The van der Waals surface area contributed by atoms with Gasteiger partial charge in [0.15, 0.2) is 0 Å². The molecule has 3 rings (SSSR count). The predicted molar refractivity (Wildman–Crippen MR) is 99.4 cm³/mol. The third-order valence-corrected chi connectivity index (χ3v) is 4.66. The molecular formula is C21H25FN2O2. The van der Waals surface area contributed by atoms with Gasteiger partial charge in [-0.25, -0.2) is 9.18 Å². The van der Waals surface area contributed by atoms with Crippen LogP contribution in [0.15, 0.2) is 54.6 Å². The molecule has 1 saturated heterocycles. The molecule has 138 valence electrons. The number of benzene rings is 2. The minimum Gasteiger partial charge on any atom is -0.450 e. The highest BCUT2D eigenvalue weighted by molar-refractivity contribution is 5.68. The van der Waals surface area contributed by atoms with Gasteiger partial charge in [-0.05, 0) is 29.7 Å². The van der Waals surface area contributed by atoms with E-state index in [-0.39, 0.29) is 17.8 Å². The lowest BCUT2D eigenvalue weighted by atomic mass is 9.94. The van der Waals surface area contributed by atoms with Gasteiger partial charge in [0.2, 0.25) is 0 Å². The number of nitrogens with zero attached hydrogens (tertiary/aromatic N) is 1. The van der Waals surface area contributed by atoms with E-state index in [1.165, 1.54) is 11.6 Å². The van der Waals surface area contributed by atoms with Gasteiger partial charge in [-0.1, -0.05) is 49.4 Å². The van der Waals surface area contributed by atoms with Crippen molar-refractivity contribution < 1.29 is 13.9 Å². The Bertz CT molecular complexity index is 723. The highest BCUT2D eigenvalue weighted by Gasteiger charge is 2.35. The van der Waals surface area contributed by atoms with Crippen LogP contribution in [0, 0.1) is 5.82 Å². The number of carbonyl (C=O) groups is 1. The maximum Gasteiger partial charge on any atom is 0.407 e.